The first kappa shape index (κ1) is 15.0. The van der Waals surface area contributed by atoms with Crippen molar-refractivity contribution in [3.8, 4) is 0 Å². The smallest absolute Gasteiger partial charge is 0.320 e. The van der Waals surface area contributed by atoms with E-state index in [1.54, 1.807) is 4.90 Å². The molecular formula is C17H23N3O2. The first-order chi connectivity index (χ1) is 10.6. The Bertz CT molecular complexity index is 548. The number of benzene rings is 1. The Kier molecular flexibility index (Phi) is 4.43. The Labute approximate surface area is 131 Å². The van der Waals surface area contributed by atoms with Gasteiger partial charge in [-0.3, -0.25) is 10.1 Å². The van der Waals surface area contributed by atoms with Gasteiger partial charge in [0.05, 0.1) is 0 Å². The highest BCUT2D eigenvalue weighted by molar-refractivity contribution is 5.96. The van der Waals surface area contributed by atoms with Crippen LogP contribution in [0.15, 0.2) is 24.3 Å². The van der Waals surface area contributed by atoms with Crippen molar-refractivity contribution < 1.29 is 9.59 Å². The quantitative estimate of drug-likeness (QED) is 0.928. The summed E-state index contributed by atoms with van der Waals surface area (Å²) in [4.78, 5) is 27.0. The fraction of sp³-hybridized carbons (Fsp3) is 0.529. The standard InChI is InChI=1S/C17H23N3O2/c1-19-9-6-15(7-10-19)14-4-2-13(3-5-14)12-20-11-8-16(21)18-17(20)22/h2-5,15H,6-12H2,1H3,(H,18,21,22). The van der Waals surface area contributed by atoms with Crippen molar-refractivity contribution in [3.05, 3.63) is 35.4 Å². The number of carbonyl (C=O) groups excluding carboxylic acids is 2. The molecule has 22 heavy (non-hydrogen) atoms. The molecule has 0 aromatic heterocycles. The van der Waals surface area contributed by atoms with Gasteiger partial charge >= 0.3 is 6.03 Å². The lowest BCUT2D eigenvalue weighted by atomic mass is 9.89. The molecule has 0 unspecified atom stereocenters. The fourth-order valence-electron chi connectivity index (χ4n) is 3.21. The number of imide groups is 1. The van der Waals surface area contributed by atoms with Gasteiger partial charge in [-0.2, -0.15) is 0 Å². The molecule has 3 rings (SSSR count). The second-order valence-corrected chi connectivity index (χ2v) is 6.34. The van der Waals surface area contributed by atoms with E-state index >= 15 is 0 Å². The average Bonchev–Trinajstić information content (AvgIpc) is 2.52. The van der Waals surface area contributed by atoms with Gasteiger partial charge in [0.25, 0.3) is 0 Å². The zero-order valence-corrected chi connectivity index (χ0v) is 13.0. The third-order valence-corrected chi connectivity index (χ3v) is 4.69. The minimum atomic E-state index is -0.282. The van der Waals surface area contributed by atoms with Crippen molar-refractivity contribution in [2.45, 2.75) is 31.7 Å². The predicted octanol–water partition coefficient (Wildman–Crippen LogP) is 1.94. The van der Waals surface area contributed by atoms with Crippen molar-refractivity contribution in [2.24, 2.45) is 0 Å². The van der Waals surface area contributed by atoms with E-state index < -0.39 is 0 Å². The summed E-state index contributed by atoms with van der Waals surface area (Å²) in [5.41, 5.74) is 2.51. The lowest BCUT2D eigenvalue weighted by molar-refractivity contribution is -0.121. The average molecular weight is 301 g/mol. The minimum absolute atomic E-state index is 0.182. The molecule has 0 aliphatic carbocycles. The van der Waals surface area contributed by atoms with Crippen LogP contribution in [-0.2, 0) is 11.3 Å². The van der Waals surface area contributed by atoms with E-state index in [1.807, 2.05) is 0 Å². The lowest BCUT2D eigenvalue weighted by Crippen LogP contribution is -2.48. The van der Waals surface area contributed by atoms with Crippen LogP contribution in [-0.4, -0.2) is 48.4 Å². The molecule has 0 radical (unpaired) electrons. The Balaban J connectivity index is 1.59. The van der Waals surface area contributed by atoms with E-state index in [4.69, 9.17) is 0 Å². The second-order valence-electron chi connectivity index (χ2n) is 6.34. The first-order valence-electron chi connectivity index (χ1n) is 7.98. The van der Waals surface area contributed by atoms with Crippen molar-refractivity contribution in [2.75, 3.05) is 26.7 Å². The molecule has 3 amide bonds. The Morgan fingerprint density at radius 2 is 1.77 bits per heavy atom. The summed E-state index contributed by atoms with van der Waals surface area (Å²) in [5, 5.41) is 2.36. The summed E-state index contributed by atoms with van der Waals surface area (Å²) in [6, 6.07) is 8.32. The van der Waals surface area contributed by atoms with E-state index in [1.165, 1.54) is 18.4 Å². The van der Waals surface area contributed by atoms with Crippen molar-refractivity contribution >= 4 is 11.9 Å². The van der Waals surface area contributed by atoms with Gasteiger partial charge in [0.1, 0.15) is 0 Å². The summed E-state index contributed by atoms with van der Waals surface area (Å²) in [7, 11) is 2.17. The molecule has 0 bridgehead atoms. The number of nitrogens with one attached hydrogen (secondary N) is 1. The zero-order valence-electron chi connectivity index (χ0n) is 13.0. The number of nitrogens with zero attached hydrogens (tertiary/aromatic N) is 2. The van der Waals surface area contributed by atoms with Crippen LogP contribution in [0.4, 0.5) is 4.79 Å². The maximum atomic E-state index is 11.7. The number of likely N-dealkylation sites (tertiary alicyclic amines) is 1. The SMILES string of the molecule is CN1CCC(c2ccc(CN3CCC(=O)NC3=O)cc2)CC1. The number of piperidine rings is 1. The van der Waals surface area contributed by atoms with E-state index in [9.17, 15) is 9.59 Å². The highest BCUT2D eigenvalue weighted by Crippen LogP contribution is 2.27. The number of hydrogen-bond donors (Lipinski definition) is 1. The number of amides is 3. The van der Waals surface area contributed by atoms with Gasteiger partial charge < -0.3 is 9.80 Å². The molecule has 1 aromatic rings. The Hall–Kier alpha value is -1.88. The molecule has 2 saturated heterocycles. The van der Waals surface area contributed by atoms with E-state index in [0.29, 0.717) is 25.4 Å². The molecular weight excluding hydrogens is 278 g/mol. The first-order valence-corrected chi connectivity index (χ1v) is 7.98. The normalized spacial score (nSPS) is 21.0. The van der Waals surface area contributed by atoms with Crippen LogP contribution in [0.2, 0.25) is 0 Å². The lowest BCUT2D eigenvalue weighted by Gasteiger charge is -2.29. The van der Waals surface area contributed by atoms with Gasteiger partial charge in [-0.25, -0.2) is 4.79 Å². The van der Waals surface area contributed by atoms with Crippen LogP contribution in [0.25, 0.3) is 0 Å². The van der Waals surface area contributed by atoms with Crippen LogP contribution in [0.5, 0.6) is 0 Å². The molecule has 2 heterocycles. The van der Waals surface area contributed by atoms with Crippen LogP contribution < -0.4 is 5.32 Å². The van der Waals surface area contributed by atoms with E-state index in [0.717, 1.165) is 18.7 Å². The largest absolute Gasteiger partial charge is 0.324 e. The van der Waals surface area contributed by atoms with Crippen LogP contribution >= 0.6 is 0 Å². The summed E-state index contributed by atoms with van der Waals surface area (Å²) in [6.45, 7) is 3.39. The number of carbonyl (C=O) groups is 2. The maximum absolute atomic E-state index is 11.7. The van der Waals surface area contributed by atoms with Crippen molar-refractivity contribution in [1.29, 1.82) is 0 Å². The summed E-state index contributed by atoms with van der Waals surface area (Å²) >= 11 is 0. The molecule has 2 aliphatic heterocycles. The highest BCUT2D eigenvalue weighted by Gasteiger charge is 2.23. The van der Waals surface area contributed by atoms with Gasteiger partial charge in [-0.05, 0) is 50.0 Å². The summed E-state index contributed by atoms with van der Waals surface area (Å²) < 4.78 is 0. The molecule has 1 N–H and O–H groups in total. The maximum Gasteiger partial charge on any atom is 0.324 e. The summed E-state index contributed by atoms with van der Waals surface area (Å²) in [5.74, 6) is 0.472. The fourth-order valence-corrected chi connectivity index (χ4v) is 3.21. The number of rotatable bonds is 3. The van der Waals surface area contributed by atoms with Gasteiger partial charge in [-0.15, -0.1) is 0 Å². The molecule has 0 saturated carbocycles. The number of urea groups is 1. The van der Waals surface area contributed by atoms with E-state index in [-0.39, 0.29) is 11.9 Å². The molecule has 1 aromatic carbocycles. The van der Waals surface area contributed by atoms with Gasteiger partial charge in [0.2, 0.25) is 5.91 Å². The van der Waals surface area contributed by atoms with Gasteiger partial charge in [-0.1, -0.05) is 24.3 Å². The molecule has 2 aliphatic rings. The minimum Gasteiger partial charge on any atom is -0.320 e. The van der Waals surface area contributed by atoms with Gasteiger partial charge in [0, 0.05) is 19.5 Å². The highest BCUT2D eigenvalue weighted by atomic mass is 16.2. The monoisotopic (exact) mass is 301 g/mol. The van der Waals surface area contributed by atoms with Crippen LogP contribution in [0.1, 0.15) is 36.3 Å². The molecule has 5 heteroatoms. The predicted molar refractivity (Wildman–Crippen MR) is 84.5 cm³/mol. The zero-order chi connectivity index (χ0) is 15.5. The number of hydrogen-bond acceptors (Lipinski definition) is 3. The van der Waals surface area contributed by atoms with Crippen LogP contribution in [0, 0.1) is 0 Å². The van der Waals surface area contributed by atoms with Crippen molar-refractivity contribution in [3.63, 3.8) is 0 Å². The van der Waals surface area contributed by atoms with Crippen LogP contribution in [0.3, 0.4) is 0 Å². The molecule has 118 valence electrons. The molecule has 2 fully saturated rings. The molecule has 0 spiro atoms. The van der Waals surface area contributed by atoms with Crippen molar-refractivity contribution in [1.82, 2.24) is 15.1 Å². The third-order valence-electron chi connectivity index (χ3n) is 4.69. The topological polar surface area (TPSA) is 52.6 Å². The second kappa shape index (κ2) is 6.48. The summed E-state index contributed by atoms with van der Waals surface area (Å²) in [6.07, 6.45) is 2.82. The van der Waals surface area contributed by atoms with E-state index in [2.05, 4.69) is 41.5 Å². The Morgan fingerprint density at radius 1 is 1.09 bits per heavy atom. The molecule has 0 atom stereocenters. The molecule has 5 nitrogen and oxygen atoms in total. The third kappa shape index (κ3) is 3.47. The Morgan fingerprint density at radius 3 is 2.41 bits per heavy atom. The van der Waals surface area contributed by atoms with Gasteiger partial charge in [0.15, 0.2) is 0 Å².